The number of amides is 1. The lowest BCUT2D eigenvalue weighted by Gasteiger charge is -2.16. The van der Waals surface area contributed by atoms with Gasteiger partial charge >= 0.3 is 0 Å². The van der Waals surface area contributed by atoms with Crippen LogP contribution in [0.1, 0.15) is 24.8 Å². The Balaban J connectivity index is 1.45. The minimum absolute atomic E-state index is 0.0933. The molecule has 0 saturated heterocycles. The zero-order valence-corrected chi connectivity index (χ0v) is 13.5. The highest BCUT2D eigenvalue weighted by molar-refractivity contribution is 6.30. The van der Waals surface area contributed by atoms with Crippen molar-refractivity contribution >= 4 is 23.5 Å². The van der Waals surface area contributed by atoms with Crippen LogP contribution in [0.25, 0.3) is 0 Å². The van der Waals surface area contributed by atoms with E-state index >= 15 is 0 Å². The van der Waals surface area contributed by atoms with Crippen molar-refractivity contribution in [2.45, 2.75) is 24.7 Å². The maximum absolute atomic E-state index is 12.5. The molecule has 1 aliphatic rings. The first-order valence-electron chi connectivity index (χ1n) is 7.76. The van der Waals surface area contributed by atoms with Gasteiger partial charge in [0.15, 0.2) is 0 Å². The van der Waals surface area contributed by atoms with E-state index in [1.165, 1.54) is 0 Å². The van der Waals surface area contributed by atoms with E-state index in [1.807, 2.05) is 24.3 Å². The van der Waals surface area contributed by atoms with E-state index in [9.17, 15) is 4.79 Å². The molecule has 1 heterocycles. The lowest BCUT2D eigenvalue weighted by molar-refractivity contribution is -0.123. The van der Waals surface area contributed by atoms with Crippen LogP contribution in [0.2, 0.25) is 5.02 Å². The summed E-state index contributed by atoms with van der Waals surface area (Å²) in [4.78, 5) is 20.6. The molecular formula is C17H19ClN4O. The Morgan fingerprint density at radius 3 is 2.65 bits per heavy atom. The highest BCUT2D eigenvalue weighted by Crippen LogP contribution is 2.48. The van der Waals surface area contributed by atoms with Crippen LogP contribution in [0.4, 0.5) is 5.95 Å². The standard InChI is InChI=1S/C17H19ClN4O/c18-14-5-1-4-13(12-14)17(6-7-17)15(23)19-8-2-9-20-16-21-10-3-11-22-16/h1,3-5,10-12H,2,6-9H2,(H,19,23)(H,20,21,22). The summed E-state index contributed by atoms with van der Waals surface area (Å²) < 4.78 is 0. The number of aromatic nitrogens is 2. The molecule has 0 radical (unpaired) electrons. The molecule has 5 nitrogen and oxygen atoms in total. The molecule has 0 unspecified atom stereocenters. The number of nitrogens with one attached hydrogen (secondary N) is 2. The SMILES string of the molecule is O=C(NCCCNc1ncccn1)C1(c2cccc(Cl)c2)CC1. The molecule has 1 aromatic heterocycles. The fraction of sp³-hybridized carbons (Fsp3) is 0.353. The maximum atomic E-state index is 12.5. The summed E-state index contributed by atoms with van der Waals surface area (Å²) in [7, 11) is 0. The van der Waals surface area contributed by atoms with Crippen molar-refractivity contribution in [3.63, 3.8) is 0 Å². The van der Waals surface area contributed by atoms with Gasteiger partial charge in [-0.2, -0.15) is 0 Å². The lowest BCUT2D eigenvalue weighted by Crippen LogP contribution is -2.35. The molecule has 0 bridgehead atoms. The highest BCUT2D eigenvalue weighted by Gasteiger charge is 2.51. The van der Waals surface area contributed by atoms with Crippen molar-refractivity contribution in [1.29, 1.82) is 0 Å². The lowest BCUT2D eigenvalue weighted by atomic mass is 9.95. The first-order valence-corrected chi connectivity index (χ1v) is 8.14. The van der Waals surface area contributed by atoms with Crippen molar-refractivity contribution < 1.29 is 4.79 Å². The molecule has 0 atom stereocenters. The monoisotopic (exact) mass is 330 g/mol. The number of carbonyl (C=O) groups excluding carboxylic acids is 1. The third kappa shape index (κ3) is 3.79. The van der Waals surface area contributed by atoms with Gasteiger partial charge in [0.2, 0.25) is 11.9 Å². The van der Waals surface area contributed by atoms with Crippen molar-refractivity contribution in [1.82, 2.24) is 15.3 Å². The Hall–Kier alpha value is -2.14. The number of hydrogen-bond donors (Lipinski definition) is 2. The number of benzene rings is 1. The Bertz CT molecular complexity index is 673. The minimum Gasteiger partial charge on any atom is -0.355 e. The fourth-order valence-corrected chi connectivity index (χ4v) is 2.80. The number of anilines is 1. The van der Waals surface area contributed by atoms with Gasteiger partial charge in [0.1, 0.15) is 0 Å². The Morgan fingerprint density at radius 2 is 1.96 bits per heavy atom. The van der Waals surface area contributed by atoms with E-state index in [0.29, 0.717) is 24.1 Å². The molecule has 6 heteroatoms. The van der Waals surface area contributed by atoms with E-state index in [-0.39, 0.29) is 11.3 Å². The fourth-order valence-electron chi connectivity index (χ4n) is 2.61. The second-order valence-electron chi connectivity index (χ2n) is 5.70. The molecule has 1 aromatic carbocycles. The Kier molecular flexibility index (Phi) is 4.76. The smallest absolute Gasteiger partial charge is 0.230 e. The molecule has 1 aliphatic carbocycles. The number of halogens is 1. The van der Waals surface area contributed by atoms with E-state index in [1.54, 1.807) is 18.5 Å². The van der Waals surface area contributed by atoms with E-state index in [2.05, 4.69) is 20.6 Å². The van der Waals surface area contributed by atoms with Crippen LogP contribution < -0.4 is 10.6 Å². The van der Waals surface area contributed by atoms with E-state index in [0.717, 1.165) is 24.8 Å². The van der Waals surface area contributed by atoms with Crippen LogP contribution in [0.3, 0.4) is 0 Å². The van der Waals surface area contributed by atoms with Gasteiger partial charge in [0, 0.05) is 30.5 Å². The summed E-state index contributed by atoms with van der Waals surface area (Å²) in [5, 5.41) is 6.82. The number of nitrogens with zero attached hydrogens (tertiary/aromatic N) is 2. The molecule has 0 spiro atoms. The van der Waals surface area contributed by atoms with Gasteiger partial charge in [-0.15, -0.1) is 0 Å². The summed E-state index contributed by atoms with van der Waals surface area (Å²) in [6, 6.07) is 9.37. The van der Waals surface area contributed by atoms with Crippen LogP contribution in [-0.2, 0) is 10.2 Å². The predicted octanol–water partition coefficient (Wildman–Crippen LogP) is 2.78. The number of hydrogen-bond acceptors (Lipinski definition) is 4. The quantitative estimate of drug-likeness (QED) is 0.766. The molecule has 2 N–H and O–H groups in total. The topological polar surface area (TPSA) is 66.9 Å². The minimum atomic E-state index is -0.374. The second kappa shape index (κ2) is 6.96. The normalized spacial score (nSPS) is 15.0. The summed E-state index contributed by atoms with van der Waals surface area (Å²) in [5.41, 5.74) is 0.638. The molecule has 23 heavy (non-hydrogen) atoms. The van der Waals surface area contributed by atoms with Gasteiger partial charge in [-0.1, -0.05) is 23.7 Å². The number of carbonyl (C=O) groups is 1. The summed E-state index contributed by atoms with van der Waals surface area (Å²) in [6.45, 7) is 1.34. The van der Waals surface area contributed by atoms with Crippen LogP contribution in [-0.4, -0.2) is 29.0 Å². The molecule has 2 aromatic rings. The van der Waals surface area contributed by atoms with E-state index < -0.39 is 0 Å². The van der Waals surface area contributed by atoms with Crippen LogP contribution >= 0.6 is 11.6 Å². The Morgan fingerprint density at radius 1 is 1.17 bits per heavy atom. The van der Waals surface area contributed by atoms with Gasteiger partial charge in [-0.3, -0.25) is 4.79 Å². The van der Waals surface area contributed by atoms with Gasteiger partial charge in [-0.25, -0.2) is 9.97 Å². The maximum Gasteiger partial charge on any atom is 0.230 e. The highest BCUT2D eigenvalue weighted by atomic mass is 35.5. The third-order valence-corrected chi connectivity index (χ3v) is 4.28. The van der Waals surface area contributed by atoms with Crippen LogP contribution in [0.5, 0.6) is 0 Å². The summed E-state index contributed by atoms with van der Waals surface area (Å²) in [5.74, 6) is 0.701. The average Bonchev–Trinajstić information content (AvgIpc) is 3.37. The van der Waals surface area contributed by atoms with E-state index in [4.69, 9.17) is 11.6 Å². The first-order chi connectivity index (χ1) is 11.2. The molecule has 1 saturated carbocycles. The van der Waals surface area contributed by atoms with Crippen LogP contribution in [0, 0.1) is 0 Å². The zero-order valence-electron chi connectivity index (χ0n) is 12.8. The summed E-state index contributed by atoms with van der Waals surface area (Å²) >= 11 is 6.04. The first kappa shape index (κ1) is 15.7. The van der Waals surface area contributed by atoms with Gasteiger partial charge in [0.25, 0.3) is 0 Å². The van der Waals surface area contributed by atoms with Crippen LogP contribution in [0.15, 0.2) is 42.7 Å². The van der Waals surface area contributed by atoms with Crippen molar-refractivity contribution in [2.75, 3.05) is 18.4 Å². The predicted molar refractivity (Wildman–Crippen MR) is 90.5 cm³/mol. The average molecular weight is 331 g/mol. The molecule has 1 fully saturated rings. The van der Waals surface area contributed by atoms with Gasteiger partial charge in [0.05, 0.1) is 5.41 Å². The molecule has 0 aliphatic heterocycles. The molecule has 3 rings (SSSR count). The zero-order chi connectivity index (χ0) is 16.1. The molecule has 120 valence electrons. The van der Waals surface area contributed by atoms with Crippen molar-refractivity contribution in [3.8, 4) is 0 Å². The van der Waals surface area contributed by atoms with Crippen molar-refractivity contribution in [2.24, 2.45) is 0 Å². The third-order valence-electron chi connectivity index (χ3n) is 4.05. The van der Waals surface area contributed by atoms with Crippen molar-refractivity contribution in [3.05, 3.63) is 53.3 Å². The largest absolute Gasteiger partial charge is 0.355 e. The number of rotatable bonds is 7. The van der Waals surface area contributed by atoms with Gasteiger partial charge in [-0.05, 0) is 43.0 Å². The summed E-state index contributed by atoms with van der Waals surface area (Å²) in [6.07, 6.45) is 5.97. The second-order valence-corrected chi connectivity index (χ2v) is 6.14. The van der Waals surface area contributed by atoms with Gasteiger partial charge < -0.3 is 10.6 Å². The Labute approximate surface area is 140 Å². The molecule has 1 amide bonds. The molecular weight excluding hydrogens is 312 g/mol.